The Morgan fingerprint density at radius 2 is 1.43 bits per heavy atom. The minimum Gasteiger partial charge on any atom is -0.502 e. The summed E-state index contributed by atoms with van der Waals surface area (Å²) in [6.07, 6.45) is 3.73. The summed E-state index contributed by atoms with van der Waals surface area (Å²) in [5.41, 5.74) is 3.45. The monoisotopic (exact) mass is 898 g/mol. The number of sulfonamides is 1. The molecule has 16 nitrogen and oxygen atoms in total. The van der Waals surface area contributed by atoms with Gasteiger partial charge in [0.2, 0.25) is 15.8 Å². The van der Waals surface area contributed by atoms with E-state index < -0.39 is 33.4 Å². The molecule has 1 aromatic heterocycles. The van der Waals surface area contributed by atoms with Crippen LogP contribution in [0.2, 0.25) is 0 Å². The average molecular weight is 899 g/mol. The Labute approximate surface area is 366 Å². The highest BCUT2D eigenvalue weighted by molar-refractivity contribution is 7.92. The third-order valence-corrected chi connectivity index (χ3v) is 10.8. The van der Waals surface area contributed by atoms with Crippen LogP contribution in [0.5, 0.6) is 0 Å². The van der Waals surface area contributed by atoms with Crippen molar-refractivity contribution in [2.24, 2.45) is 0 Å². The first-order valence-electron chi connectivity index (χ1n) is 20.6. The van der Waals surface area contributed by atoms with Crippen LogP contribution in [0, 0.1) is 5.82 Å². The number of hydrogen-bond acceptors (Lipinski definition) is 14. The van der Waals surface area contributed by atoms with Gasteiger partial charge in [-0.15, -0.1) is 0 Å². The number of hydrogen-bond donors (Lipinski definition) is 2. The second-order valence-corrected chi connectivity index (χ2v) is 16.2. The zero-order chi connectivity index (χ0) is 45.2. The molecule has 0 unspecified atom stereocenters. The highest BCUT2D eigenvalue weighted by Crippen LogP contribution is 2.48. The van der Waals surface area contributed by atoms with Gasteiger partial charge in [0.25, 0.3) is 5.91 Å². The Kier molecular flexibility index (Phi) is 19.1. The van der Waals surface area contributed by atoms with E-state index in [-0.39, 0.29) is 57.2 Å². The van der Waals surface area contributed by atoms with Crippen LogP contribution < -0.4 is 9.62 Å². The highest BCUT2D eigenvalue weighted by atomic mass is 32.2. The fourth-order valence-corrected chi connectivity index (χ4v) is 7.35. The van der Waals surface area contributed by atoms with E-state index in [1.165, 1.54) is 35.6 Å². The number of nitrogens with one attached hydrogen (secondary N) is 1. The number of nitrogens with zero attached hydrogens (tertiary/aromatic N) is 1. The molecule has 342 valence electrons. The zero-order valence-corrected chi connectivity index (χ0v) is 36.5. The Hall–Kier alpha value is -5.21. The largest absolute Gasteiger partial charge is 0.502 e. The van der Waals surface area contributed by atoms with Crippen molar-refractivity contribution in [2.45, 2.75) is 32.3 Å². The van der Waals surface area contributed by atoms with Crippen molar-refractivity contribution in [2.75, 3.05) is 103 Å². The maximum Gasteiger partial charge on any atom is 0.373 e. The number of carbonyl (C=O) groups excluding carboxylic acids is 3. The third-order valence-electron chi connectivity index (χ3n) is 9.62. The van der Waals surface area contributed by atoms with Crippen molar-refractivity contribution in [1.82, 2.24) is 5.32 Å². The molecule has 0 bridgehead atoms. The SMILES string of the molecule is CCOC(=O)C(O)=CC(=O)c1cccc(COCCOCCOCCOCCOCCOCCN(c2cc3oc(-c4ccc(F)cc4)c(C(=O)NC)c3cc2C2CC2)S(C)(=O)=O)c1. The lowest BCUT2D eigenvalue weighted by atomic mass is 10.0. The number of rotatable bonds is 29. The molecule has 0 aliphatic heterocycles. The summed E-state index contributed by atoms with van der Waals surface area (Å²) in [5.74, 6) is -2.66. The number of furan rings is 1. The molecule has 1 fully saturated rings. The van der Waals surface area contributed by atoms with E-state index in [9.17, 15) is 32.3 Å². The number of anilines is 1. The minimum atomic E-state index is -3.74. The first kappa shape index (κ1) is 48.8. The van der Waals surface area contributed by atoms with Crippen LogP contribution in [-0.4, -0.2) is 130 Å². The van der Waals surface area contributed by atoms with Gasteiger partial charge in [-0.05, 0) is 73.2 Å². The molecule has 1 amide bonds. The quantitative estimate of drug-likeness (QED) is 0.0220. The predicted octanol–water partition coefficient (Wildman–Crippen LogP) is 5.73. The molecular weight excluding hydrogens is 844 g/mol. The van der Waals surface area contributed by atoms with Crippen molar-refractivity contribution in [1.29, 1.82) is 0 Å². The average Bonchev–Trinajstić information content (AvgIpc) is 4.05. The number of aliphatic hydroxyl groups excluding tert-OH is 1. The number of fused-ring (bicyclic) bond motifs is 1. The number of allylic oxidation sites excluding steroid dienone is 1. The third kappa shape index (κ3) is 14.9. The lowest BCUT2D eigenvalue weighted by Crippen LogP contribution is -2.34. The van der Waals surface area contributed by atoms with Gasteiger partial charge in [0.05, 0.1) is 110 Å². The number of halogens is 1. The number of ether oxygens (including phenoxy) is 7. The highest BCUT2D eigenvalue weighted by Gasteiger charge is 2.33. The molecule has 1 heterocycles. The van der Waals surface area contributed by atoms with E-state index in [0.29, 0.717) is 86.2 Å². The summed E-state index contributed by atoms with van der Waals surface area (Å²) in [6.45, 7) is 5.46. The van der Waals surface area contributed by atoms with Gasteiger partial charge in [-0.2, -0.15) is 0 Å². The standard InChI is InChI=1S/C45H55FN2O14S/c1-4-61-45(52)40(50)29-39(49)34-7-5-6-31(26-34)30-60-25-24-59-23-22-58-21-20-57-19-18-56-17-16-55-15-14-48(63(3,53)54)38-28-41-37(27-36(38)32-8-9-32)42(44(51)47-2)43(62-41)33-10-12-35(46)13-11-33/h5-7,10-13,26-29,32,50H,4,8-9,14-25,30H2,1-3H3,(H,47,51). The first-order chi connectivity index (χ1) is 30.4. The summed E-state index contributed by atoms with van der Waals surface area (Å²) in [7, 11) is -2.22. The molecule has 4 aromatic rings. The van der Waals surface area contributed by atoms with Gasteiger partial charge in [0, 0.05) is 35.7 Å². The van der Waals surface area contributed by atoms with Crippen LogP contribution in [0.4, 0.5) is 10.1 Å². The fourth-order valence-electron chi connectivity index (χ4n) is 6.43. The molecule has 0 atom stereocenters. The first-order valence-corrected chi connectivity index (χ1v) is 22.5. The molecule has 1 aliphatic carbocycles. The molecule has 1 aliphatic rings. The van der Waals surface area contributed by atoms with Crippen LogP contribution in [0.1, 0.15) is 57.5 Å². The molecule has 2 N–H and O–H groups in total. The van der Waals surface area contributed by atoms with E-state index in [1.807, 2.05) is 6.07 Å². The smallest absolute Gasteiger partial charge is 0.373 e. The van der Waals surface area contributed by atoms with E-state index in [0.717, 1.165) is 36.3 Å². The molecule has 5 rings (SSSR count). The maximum atomic E-state index is 13.7. The van der Waals surface area contributed by atoms with Crippen LogP contribution >= 0.6 is 0 Å². The van der Waals surface area contributed by atoms with Gasteiger partial charge < -0.3 is 48.0 Å². The van der Waals surface area contributed by atoms with Crippen LogP contribution in [0.3, 0.4) is 0 Å². The topological polar surface area (TPSA) is 199 Å². The lowest BCUT2D eigenvalue weighted by molar-refractivity contribution is -0.141. The molecule has 0 spiro atoms. The number of esters is 1. The molecule has 3 aromatic carbocycles. The van der Waals surface area contributed by atoms with Crippen LogP contribution in [0.15, 0.2) is 76.9 Å². The van der Waals surface area contributed by atoms with E-state index in [4.69, 9.17) is 32.8 Å². The van der Waals surface area contributed by atoms with Gasteiger partial charge in [-0.1, -0.05) is 18.2 Å². The Morgan fingerprint density at radius 3 is 1.98 bits per heavy atom. The minimum absolute atomic E-state index is 0.0494. The van der Waals surface area contributed by atoms with Crippen molar-refractivity contribution in [3.05, 3.63) is 101 Å². The summed E-state index contributed by atoms with van der Waals surface area (Å²) in [4.78, 5) is 37.0. The second kappa shape index (κ2) is 24.6. The number of aliphatic hydroxyl groups is 1. The number of amides is 1. The Bertz CT molecular complexity index is 2270. The van der Waals surface area contributed by atoms with Gasteiger partial charge in [-0.3, -0.25) is 13.9 Å². The fraction of sp³-hybridized carbons (Fsp3) is 0.444. The summed E-state index contributed by atoms with van der Waals surface area (Å²) in [6, 6.07) is 15.8. The summed E-state index contributed by atoms with van der Waals surface area (Å²) >= 11 is 0. The number of ketones is 1. The molecule has 63 heavy (non-hydrogen) atoms. The van der Waals surface area contributed by atoms with Crippen molar-refractivity contribution in [3.8, 4) is 11.3 Å². The number of benzene rings is 3. The molecule has 1 saturated carbocycles. The van der Waals surface area contributed by atoms with Gasteiger partial charge in [0.15, 0.2) is 5.78 Å². The van der Waals surface area contributed by atoms with E-state index >= 15 is 0 Å². The lowest BCUT2D eigenvalue weighted by Gasteiger charge is -2.25. The second-order valence-electron chi connectivity index (χ2n) is 14.3. The van der Waals surface area contributed by atoms with E-state index in [1.54, 1.807) is 37.3 Å². The van der Waals surface area contributed by atoms with Crippen molar-refractivity contribution < 1.29 is 69.9 Å². The van der Waals surface area contributed by atoms with Crippen molar-refractivity contribution in [3.63, 3.8) is 0 Å². The normalized spacial score (nSPS) is 13.0. The van der Waals surface area contributed by atoms with Crippen LogP contribution in [0.25, 0.3) is 22.3 Å². The summed E-state index contributed by atoms with van der Waals surface area (Å²) < 4.78 is 85.6. The zero-order valence-electron chi connectivity index (χ0n) is 35.7. The molecule has 18 heteroatoms. The van der Waals surface area contributed by atoms with Crippen molar-refractivity contribution >= 4 is 44.3 Å². The molecule has 0 radical (unpaired) electrons. The Balaban J connectivity index is 0.929. The van der Waals surface area contributed by atoms with Gasteiger partial charge >= 0.3 is 5.97 Å². The predicted molar refractivity (Wildman–Crippen MR) is 231 cm³/mol. The van der Waals surface area contributed by atoms with Crippen LogP contribution in [-0.2, 0) is 54.6 Å². The maximum absolute atomic E-state index is 13.7. The number of carbonyl (C=O) groups is 3. The molecule has 0 saturated heterocycles. The van der Waals surface area contributed by atoms with Gasteiger partial charge in [-0.25, -0.2) is 17.6 Å². The summed E-state index contributed by atoms with van der Waals surface area (Å²) in [5, 5.41) is 12.9. The van der Waals surface area contributed by atoms with Gasteiger partial charge in [0.1, 0.15) is 17.2 Å². The van der Waals surface area contributed by atoms with E-state index in [2.05, 4.69) is 10.1 Å². The molecular formula is C45H55FN2O14S. The Morgan fingerprint density at radius 1 is 0.841 bits per heavy atom.